The lowest BCUT2D eigenvalue weighted by Crippen LogP contribution is -2.61. The van der Waals surface area contributed by atoms with Gasteiger partial charge in [0.1, 0.15) is 0 Å². The van der Waals surface area contributed by atoms with Crippen LogP contribution in [0.15, 0.2) is 18.2 Å². The number of carbonyl (C=O) groups excluding carboxylic acids is 2. The predicted octanol–water partition coefficient (Wildman–Crippen LogP) is 3.30. The van der Waals surface area contributed by atoms with Crippen LogP contribution in [0.1, 0.15) is 50.5 Å². The van der Waals surface area contributed by atoms with Gasteiger partial charge in [0.2, 0.25) is 11.8 Å². The van der Waals surface area contributed by atoms with Crippen LogP contribution in [0.5, 0.6) is 0 Å². The largest absolute Gasteiger partial charge is 0.416 e. The topological polar surface area (TPSA) is 113 Å². The molecule has 2 atom stereocenters. The van der Waals surface area contributed by atoms with Gasteiger partial charge in [-0.25, -0.2) is 0 Å². The molecule has 8 nitrogen and oxygen atoms in total. The summed E-state index contributed by atoms with van der Waals surface area (Å²) in [6.45, 7) is -0.400. The number of primary amides is 1. The SMILES string of the molecule is NC(=O)CC12CC3CC(C1)C(NC(=O)CN1CCCN(c4cc(C(F)(F)F)ccc4Cl)S1(=O)=O)C(C3)C2. The monoisotopic (exact) mass is 562 g/mol. The van der Waals surface area contributed by atoms with Crippen LogP contribution in [0.25, 0.3) is 0 Å². The molecule has 5 aliphatic rings. The average molecular weight is 563 g/mol. The van der Waals surface area contributed by atoms with Gasteiger partial charge in [-0.3, -0.25) is 13.9 Å². The minimum atomic E-state index is -4.66. The van der Waals surface area contributed by atoms with E-state index in [0.717, 1.165) is 58.9 Å². The van der Waals surface area contributed by atoms with E-state index in [0.29, 0.717) is 18.8 Å². The molecule has 37 heavy (non-hydrogen) atoms. The first-order valence-electron chi connectivity index (χ1n) is 12.5. The van der Waals surface area contributed by atoms with Gasteiger partial charge < -0.3 is 11.1 Å². The highest BCUT2D eigenvalue weighted by Gasteiger charge is 2.56. The molecule has 1 saturated heterocycles. The van der Waals surface area contributed by atoms with E-state index in [1.165, 1.54) is 0 Å². The van der Waals surface area contributed by atoms with Crippen molar-refractivity contribution in [2.24, 2.45) is 28.9 Å². The molecule has 3 N–H and O–H groups in total. The molecule has 4 saturated carbocycles. The van der Waals surface area contributed by atoms with E-state index < -0.39 is 34.4 Å². The van der Waals surface area contributed by atoms with Crippen LogP contribution in [0, 0.1) is 23.2 Å². The minimum absolute atomic E-state index is 0.0441. The minimum Gasteiger partial charge on any atom is -0.370 e. The van der Waals surface area contributed by atoms with Gasteiger partial charge in [-0.2, -0.15) is 25.9 Å². The van der Waals surface area contributed by atoms with E-state index in [-0.39, 0.29) is 53.0 Å². The normalized spacial score (nSPS) is 32.9. The summed E-state index contributed by atoms with van der Waals surface area (Å²) in [7, 11) is -4.28. The first-order valence-corrected chi connectivity index (χ1v) is 14.3. The molecule has 1 aromatic carbocycles. The van der Waals surface area contributed by atoms with Crippen molar-refractivity contribution in [2.45, 2.75) is 57.2 Å². The number of carbonyl (C=O) groups is 2. The smallest absolute Gasteiger partial charge is 0.370 e. The van der Waals surface area contributed by atoms with Crippen LogP contribution in [0.4, 0.5) is 18.9 Å². The molecule has 204 valence electrons. The molecule has 0 radical (unpaired) electrons. The molecule has 1 heterocycles. The van der Waals surface area contributed by atoms with Crippen molar-refractivity contribution in [1.82, 2.24) is 9.62 Å². The van der Waals surface area contributed by atoms with Crippen molar-refractivity contribution in [1.29, 1.82) is 0 Å². The van der Waals surface area contributed by atoms with Crippen LogP contribution in [0.3, 0.4) is 0 Å². The fourth-order valence-corrected chi connectivity index (χ4v) is 9.40. The Balaban J connectivity index is 1.29. The summed E-state index contributed by atoms with van der Waals surface area (Å²) in [5.41, 5.74) is 4.15. The molecular weight excluding hydrogens is 533 g/mol. The first-order chi connectivity index (χ1) is 17.3. The van der Waals surface area contributed by atoms with Crippen LogP contribution >= 0.6 is 11.6 Å². The van der Waals surface area contributed by atoms with Crippen LogP contribution in [-0.4, -0.2) is 50.2 Å². The number of anilines is 1. The molecule has 4 aliphatic carbocycles. The van der Waals surface area contributed by atoms with Crippen molar-refractivity contribution in [2.75, 3.05) is 23.9 Å². The highest BCUT2D eigenvalue weighted by molar-refractivity contribution is 7.90. The Bertz CT molecular complexity index is 1190. The molecule has 2 amide bonds. The van der Waals surface area contributed by atoms with Crippen LogP contribution < -0.4 is 15.4 Å². The number of nitrogens with one attached hydrogen (secondary N) is 1. The second kappa shape index (κ2) is 9.30. The average Bonchev–Trinajstić information content (AvgIpc) is 2.76. The molecular formula is C24H30ClF3N4O4S. The molecule has 5 fully saturated rings. The maximum absolute atomic E-state index is 13.3. The molecule has 0 spiro atoms. The standard InChI is InChI=1S/C24H30ClF3N4O4S/c25-18-3-2-17(24(26,27)28)8-19(18)32-5-1-4-31(37(32,35)36)13-21(34)30-22-15-6-14-7-16(22)11-23(9-14,10-15)12-20(29)33/h2-3,8,14-16,22H,1,4-7,9-13H2,(H2,29,33)(H,30,34). The Hall–Kier alpha value is -2.05. The van der Waals surface area contributed by atoms with Gasteiger partial charge in [0.05, 0.1) is 22.8 Å². The zero-order valence-electron chi connectivity index (χ0n) is 20.1. The lowest BCUT2D eigenvalue weighted by atomic mass is 9.47. The number of hydrogen-bond acceptors (Lipinski definition) is 4. The second-order valence-corrected chi connectivity index (χ2v) is 13.4. The Kier molecular flexibility index (Phi) is 6.68. The number of hydrogen-bond donors (Lipinski definition) is 2. The van der Waals surface area contributed by atoms with Gasteiger partial charge in [0, 0.05) is 25.6 Å². The first kappa shape index (κ1) is 26.6. The van der Waals surface area contributed by atoms with Crippen LogP contribution in [-0.2, 0) is 26.0 Å². The number of halogens is 4. The Morgan fingerprint density at radius 3 is 2.43 bits per heavy atom. The molecule has 1 aromatic rings. The van der Waals surface area contributed by atoms with E-state index in [1.807, 2.05) is 0 Å². The van der Waals surface area contributed by atoms with Crippen LogP contribution in [0.2, 0.25) is 5.02 Å². The number of benzene rings is 1. The molecule has 2 unspecified atom stereocenters. The fourth-order valence-electron chi connectivity index (χ4n) is 7.45. The Morgan fingerprint density at radius 2 is 1.81 bits per heavy atom. The van der Waals surface area contributed by atoms with Gasteiger partial charge >= 0.3 is 16.4 Å². The van der Waals surface area contributed by atoms with E-state index in [4.69, 9.17) is 17.3 Å². The summed E-state index contributed by atoms with van der Waals surface area (Å²) in [6, 6.07) is 2.45. The van der Waals surface area contributed by atoms with Crippen molar-refractivity contribution in [3.8, 4) is 0 Å². The second-order valence-electron chi connectivity index (χ2n) is 11.1. The highest BCUT2D eigenvalue weighted by Crippen LogP contribution is 2.61. The molecule has 0 aromatic heterocycles. The van der Waals surface area contributed by atoms with Crippen molar-refractivity contribution < 1.29 is 31.2 Å². The molecule has 6 rings (SSSR count). The summed E-state index contributed by atoms with van der Waals surface area (Å²) in [4.78, 5) is 24.7. The number of amides is 2. The summed E-state index contributed by atoms with van der Waals surface area (Å²) in [6.07, 6.45) is 0.575. The quantitative estimate of drug-likeness (QED) is 0.554. The van der Waals surface area contributed by atoms with Crippen molar-refractivity contribution >= 4 is 39.3 Å². The number of alkyl halides is 3. The zero-order chi connectivity index (χ0) is 26.8. The van der Waals surface area contributed by atoms with Gasteiger partial charge in [0.15, 0.2) is 0 Å². The molecule has 13 heteroatoms. The van der Waals surface area contributed by atoms with E-state index in [2.05, 4.69) is 5.32 Å². The van der Waals surface area contributed by atoms with E-state index in [1.54, 1.807) is 0 Å². The predicted molar refractivity (Wildman–Crippen MR) is 131 cm³/mol. The number of rotatable bonds is 6. The summed E-state index contributed by atoms with van der Waals surface area (Å²) in [5, 5.41) is 2.93. The Labute approximate surface area is 218 Å². The number of nitrogens with two attached hydrogens (primary N) is 1. The maximum atomic E-state index is 13.3. The van der Waals surface area contributed by atoms with Crippen molar-refractivity contribution in [3.05, 3.63) is 28.8 Å². The van der Waals surface area contributed by atoms with Crippen molar-refractivity contribution in [3.63, 3.8) is 0 Å². The van der Waals surface area contributed by atoms with Gasteiger partial charge in [-0.05, 0) is 79.9 Å². The lowest BCUT2D eigenvalue weighted by Gasteiger charge is -2.60. The maximum Gasteiger partial charge on any atom is 0.416 e. The summed E-state index contributed by atoms with van der Waals surface area (Å²) in [5.74, 6) is 0.198. The Morgan fingerprint density at radius 1 is 1.14 bits per heavy atom. The molecule has 4 bridgehead atoms. The molecule has 1 aliphatic heterocycles. The summed E-state index contributed by atoms with van der Waals surface area (Å²) < 4.78 is 68.2. The van der Waals surface area contributed by atoms with E-state index >= 15 is 0 Å². The lowest BCUT2D eigenvalue weighted by molar-refractivity contribution is -0.137. The zero-order valence-corrected chi connectivity index (χ0v) is 21.7. The van der Waals surface area contributed by atoms with Gasteiger partial charge in [-0.15, -0.1) is 0 Å². The third-order valence-corrected chi connectivity index (χ3v) is 10.7. The summed E-state index contributed by atoms with van der Waals surface area (Å²) >= 11 is 6.10. The third kappa shape index (κ3) is 5.04. The van der Waals surface area contributed by atoms with Gasteiger partial charge in [-0.1, -0.05) is 11.6 Å². The third-order valence-electron chi connectivity index (χ3n) is 8.51. The number of nitrogens with zero attached hydrogens (tertiary/aromatic N) is 2. The van der Waals surface area contributed by atoms with Gasteiger partial charge in [0.25, 0.3) is 0 Å². The highest BCUT2D eigenvalue weighted by atomic mass is 35.5. The van der Waals surface area contributed by atoms with E-state index in [9.17, 15) is 31.2 Å². The fraction of sp³-hybridized carbons (Fsp3) is 0.667.